The monoisotopic (exact) mass is 208 g/mol. The van der Waals surface area contributed by atoms with Crippen LogP contribution in [0.1, 0.15) is 11.5 Å². The number of rotatable bonds is 5. The number of thiazole rings is 1. The zero-order valence-corrected chi connectivity index (χ0v) is 8.59. The molecule has 3 nitrogen and oxygen atoms in total. The largest absolute Gasteiger partial charge is 0.468 e. The summed E-state index contributed by atoms with van der Waals surface area (Å²) in [4.78, 5) is 4.21. The molecule has 1 N–H and O–H groups in total. The smallest absolute Gasteiger partial charge is 0.117 e. The molecule has 0 saturated carbocycles. The van der Waals surface area contributed by atoms with Crippen LogP contribution in [0.15, 0.2) is 33.7 Å². The van der Waals surface area contributed by atoms with Gasteiger partial charge in [-0.3, -0.25) is 0 Å². The second-order valence-corrected chi connectivity index (χ2v) is 3.70. The topological polar surface area (TPSA) is 38.1 Å². The number of nitrogens with one attached hydrogen (secondary N) is 1. The molecule has 0 saturated heterocycles. The van der Waals surface area contributed by atoms with Crippen LogP contribution in [0.4, 0.5) is 0 Å². The van der Waals surface area contributed by atoms with E-state index >= 15 is 0 Å². The van der Waals surface area contributed by atoms with Gasteiger partial charge in [-0.25, -0.2) is 4.98 Å². The van der Waals surface area contributed by atoms with Crippen molar-refractivity contribution in [3.63, 3.8) is 0 Å². The molecule has 2 aromatic rings. The molecule has 14 heavy (non-hydrogen) atoms. The van der Waals surface area contributed by atoms with Crippen molar-refractivity contribution in [3.8, 4) is 0 Å². The van der Waals surface area contributed by atoms with Gasteiger partial charge >= 0.3 is 0 Å². The summed E-state index contributed by atoms with van der Waals surface area (Å²) < 4.78 is 5.19. The summed E-state index contributed by atoms with van der Waals surface area (Å²) in [5.41, 5.74) is 3.02. The first-order valence-corrected chi connectivity index (χ1v) is 5.49. The fourth-order valence-electron chi connectivity index (χ4n) is 1.20. The zero-order chi connectivity index (χ0) is 9.64. The van der Waals surface area contributed by atoms with Crippen molar-refractivity contribution in [2.45, 2.75) is 13.0 Å². The molecule has 0 aliphatic heterocycles. The van der Waals surface area contributed by atoms with Crippen LogP contribution >= 0.6 is 11.3 Å². The third-order valence-corrected chi connectivity index (χ3v) is 2.56. The molecular weight excluding hydrogens is 196 g/mol. The third kappa shape index (κ3) is 2.68. The summed E-state index contributed by atoms with van der Waals surface area (Å²) in [7, 11) is 0. The maximum atomic E-state index is 5.19. The van der Waals surface area contributed by atoms with Gasteiger partial charge in [0.1, 0.15) is 5.76 Å². The Balaban J connectivity index is 1.65. The summed E-state index contributed by atoms with van der Waals surface area (Å²) in [5.74, 6) is 0.975. The molecule has 74 valence electrons. The van der Waals surface area contributed by atoms with Crippen LogP contribution in [0.3, 0.4) is 0 Å². The van der Waals surface area contributed by atoms with Gasteiger partial charge in [0.05, 0.1) is 24.0 Å². The molecule has 0 aromatic carbocycles. The van der Waals surface area contributed by atoms with Crippen LogP contribution in [0.2, 0.25) is 0 Å². The van der Waals surface area contributed by atoms with Crippen LogP contribution in [0, 0.1) is 0 Å². The van der Waals surface area contributed by atoms with Gasteiger partial charge in [-0.1, -0.05) is 0 Å². The van der Waals surface area contributed by atoms with Gasteiger partial charge in [0.2, 0.25) is 0 Å². The Hall–Kier alpha value is -1.13. The highest BCUT2D eigenvalue weighted by Gasteiger charge is 1.96. The van der Waals surface area contributed by atoms with Gasteiger partial charge in [-0.2, -0.15) is 0 Å². The average Bonchev–Trinajstić information content (AvgIpc) is 2.86. The van der Waals surface area contributed by atoms with Gasteiger partial charge < -0.3 is 9.73 Å². The van der Waals surface area contributed by atoms with E-state index in [1.807, 2.05) is 17.6 Å². The SMILES string of the molecule is c1coc(CNCCc2cscn2)c1. The van der Waals surface area contributed by atoms with Crippen molar-refractivity contribution in [2.24, 2.45) is 0 Å². The normalized spacial score (nSPS) is 10.6. The third-order valence-electron chi connectivity index (χ3n) is 1.92. The minimum atomic E-state index is 0.789. The maximum Gasteiger partial charge on any atom is 0.117 e. The predicted molar refractivity (Wildman–Crippen MR) is 56.2 cm³/mol. The summed E-state index contributed by atoms with van der Waals surface area (Å²) in [5, 5.41) is 5.37. The molecular formula is C10H12N2OS. The van der Waals surface area contributed by atoms with Crippen molar-refractivity contribution in [3.05, 3.63) is 40.7 Å². The summed E-state index contributed by atoms with van der Waals surface area (Å²) in [6, 6.07) is 3.87. The molecule has 0 aliphatic rings. The van der Waals surface area contributed by atoms with Gasteiger partial charge in [0.15, 0.2) is 0 Å². The van der Waals surface area contributed by atoms with Crippen molar-refractivity contribution in [2.75, 3.05) is 6.54 Å². The van der Waals surface area contributed by atoms with Crippen LogP contribution in [-0.4, -0.2) is 11.5 Å². The molecule has 0 atom stereocenters. The first kappa shape index (κ1) is 9.43. The lowest BCUT2D eigenvalue weighted by atomic mass is 10.3. The standard InChI is InChI=1S/C10H12N2OS/c1-2-10(13-5-1)6-11-4-3-9-7-14-8-12-9/h1-2,5,7-8,11H,3-4,6H2. The van der Waals surface area contributed by atoms with Gasteiger partial charge in [0, 0.05) is 18.3 Å². The quantitative estimate of drug-likeness (QED) is 0.764. The Labute approximate surface area is 86.8 Å². The first-order valence-electron chi connectivity index (χ1n) is 4.55. The summed E-state index contributed by atoms with van der Waals surface area (Å²) in [6.07, 6.45) is 2.67. The second kappa shape index (κ2) is 4.93. The van der Waals surface area contributed by atoms with Crippen LogP contribution < -0.4 is 5.32 Å². The predicted octanol–water partition coefficient (Wildman–Crippen LogP) is 2.07. The van der Waals surface area contributed by atoms with E-state index in [2.05, 4.69) is 15.7 Å². The number of aromatic nitrogens is 1. The van der Waals surface area contributed by atoms with E-state index in [4.69, 9.17) is 4.42 Å². The van der Waals surface area contributed by atoms with Crippen molar-refractivity contribution < 1.29 is 4.42 Å². The number of furan rings is 1. The van der Waals surface area contributed by atoms with E-state index < -0.39 is 0 Å². The minimum absolute atomic E-state index is 0.789. The lowest BCUT2D eigenvalue weighted by Gasteiger charge is -1.99. The van der Waals surface area contributed by atoms with E-state index in [0.29, 0.717) is 0 Å². The van der Waals surface area contributed by atoms with E-state index in [9.17, 15) is 0 Å². The average molecular weight is 208 g/mol. The summed E-state index contributed by atoms with van der Waals surface area (Å²) >= 11 is 1.64. The summed E-state index contributed by atoms with van der Waals surface area (Å²) in [6.45, 7) is 1.72. The fraction of sp³-hybridized carbons (Fsp3) is 0.300. The second-order valence-electron chi connectivity index (χ2n) is 2.99. The van der Waals surface area contributed by atoms with Crippen LogP contribution in [0.5, 0.6) is 0 Å². The highest BCUT2D eigenvalue weighted by Crippen LogP contribution is 2.01. The number of nitrogens with zero attached hydrogens (tertiary/aromatic N) is 1. The van der Waals surface area contributed by atoms with Gasteiger partial charge in [-0.15, -0.1) is 11.3 Å². The molecule has 2 aromatic heterocycles. The fourth-order valence-corrected chi connectivity index (χ4v) is 1.80. The van der Waals surface area contributed by atoms with Crippen LogP contribution in [0.25, 0.3) is 0 Å². The van der Waals surface area contributed by atoms with Crippen molar-refractivity contribution >= 4 is 11.3 Å². The molecule has 2 heterocycles. The Morgan fingerprint density at radius 3 is 3.21 bits per heavy atom. The molecule has 0 fully saturated rings. The molecule has 2 rings (SSSR count). The van der Waals surface area contributed by atoms with E-state index in [-0.39, 0.29) is 0 Å². The van der Waals surface area contributed by atoms with Gasteiger partial charge in [-0.05, 0) is 12.1 Å². The Kier molecular flexibility index (Phi) is 3.32. The Bertz CT molecular complexity index is 306. The number of hydrogen-bond acceptors (Lipinski definition) is 4. The molecule has 0 amide bonds. The first-order chi connectivity index (χ1) is 6.95. The maximum absolute atomic E-state index is 5.19. The van der Waals surface area contributed by atoms with E-state index in [1.165, 1.54) is 0 Å². The van der Waals surface area contributed by atoms with Crippen LogP contribution in [-0.2, 0) is 13.0 Å². The highest BCUT2D eigenvalue weighted by molar-refractivity contribution is 7.07. The van der Waals surface area contributed by atoms with E-state index in [1.54, 1.807) is 17.6 Å². The molecule has 0 unspecified atom stereocenters. The Morgan fingerprint density at radius 1 is 1.50 bits per heavy atom. The highest BCUT2D eigenvalue weighted by atomic mass is 32.1. The zero-order valence-electron chi connectivity index (χ0n) is 7.77. The van der Waals surface area contributed by atoms with Crippen molar-refractivity contribution in [1.82, 2.24) is 10.3 Å². The minimum Gasteiger partial charge on any atom is -0.468 e. The van der Waals surface area contributed by atoms with Crippen molar-refractivity contribution in [1.29, 1.82) is 0 Å². The van der Waals surface area contributed by atoms with E-state index in [0.717, 1.165) is 31.0 Å². The molecule has 0 aliphatic carbocycles. The molecule has 0 spiro atoms. The lowest BCUT2D eigenvalue weighted by molar-refractivity contribution is 0.484. The molecule has 0 bridgehead atoms. The molecule has 0 radical (unpaired) electrons. The Morgan fingerprint density at radius 2 is 2.50 bits per heavy atom. The lowest BCUT2D eigenvalue weighted by Crippen LogP contribution is -2.16. The van der Waals surface area contributed by atoms with Gasteiger partial charge in [0.25, 0.3) is 0 Å². The molecule has 4 heteroatoms. The number of hydrogen-bond donors (Lipinski definition) is 1.